The molecular formula is C39H49FO7. The number of esters is 2. The molecule has 0 N–H and O–H groups in total. The molecule has 47 heavy (non-hydrogen) atoms. The lowest BCUT2D eigenvalue weighted by atomic mass is 9.90. The molecule has 3 aromatic carbocycles. The molecule has 0 bridgehead atoms. The minimum absolute atomic E-state index is 0.0743. The van der Waals surface area contributed by atoms with Crippen molar-refractivity contribution in [1.29, 1.82) is 0 Å². The Morgan fingerprint density at radius 1 is 0.809 bits per heavy atom. The molecule has 1 heterocycles. The lowest BCUT2D eigenvalue weighted by Gasteiger charge is -2.37. The standard InChI is InChI=1S/C39H49FO7/c1-4-5-6-9-12-29(2)46-38(42)33-19-22-36(35(40)25-33)47-37(41)32-15-13-30(14-16-32)31-17-20-34(21-18-31)45-24-11-8-7-10-23-43-26-39(3)27-44-28-39/h13-22,25,29H,4-12,23-24,26-28H2,1-3H3. The minimum atomic E-state index is -0.808. The van der Waals surface area contributed by atoms with Crippen molar-refractivity contribution in [1.82, 2.24) is 0 Å². The smallest absolute Gasteiger partial charge is 0.343 e. The summed E-state index contributed by atoms with van der Waals surface area (Å²) in [7, 11) is 0. The zero-order valence-electron chi connectivity index (χ0n) is 28.1. The fraction of sp³-hybridized carbons (Fsp3) is 0.487. The number of carbonyl (C=O) groups excluding carboxylic acids is 2. The number of rotatable bonds is 20. The maximum absolute atomic E-state index is 14.7. The molecule has 1 aliphatic rings. The Balaban J connectivity index is 1.16. The molecule has 1 atom stereocenters. The second-order valence-corrected chi connectivity index (χ2v) is 12.8. The molecule has 3 aromatic rings. The van der Waals surface area contributed by atoms with Gasteiger partial charge in [-0.25, -0.2) is 14.0 Å². The quantitative estimate of drug-likeness (QED) is 0.0686. The van der Waals surface area contributed by atoms with E-state index in [0.29, 0.717) is 6.61 Å². The van der Waals surface area contributed by atoms with E-state index in [4.69, 9.17) is 23.7 Å². The van der Waals surface area contributed by atoms with Crippen molar-refractivity contribution in [2.45, 2.75) is 84.7 Å². The van der Waals surface area contributed by atoms with Crippen LogP contribution in [0.2, 0.25) is 0 Å². The van der Waals surface area contributed by atoms with E-state index < -0.39 is 17.8 Å². The highest BCUT2D eigenvalue weighted by Crippen LogP contribution is 2.27. The van der Waals surface area contributed by atoms with Crippen molar-refractivity contribution in [3.8, 4) is 22.6 Å². The first-order chi connectivity index (χ1) is 22.8. The largest absolute Gasteiger partial charge is 0.494 e. The van der Waals surface area contributed by atoms with Crippen LogP contribution in [0.4, 0.5) is 4.39 Å². The molecule has 4 rings (SSSR count). The lowest BCUT2D eigenvalue weighted by Crippen LogP contribution is -2.43. The van der Waals surface area contributed by atoms with Crippen LogP contribution in [0.25, 0.3) is 11.1 Å². The Labute approximate surface area is 278 Å². The molecule has 1 fully saturated rings. The predicted octanol–water partition coefficient (Wildman–Crippen LogP) is 9.22. The van der Waals surface area contributed by atoms with Crippen molar-refractivity contribution in [2.75, 3.05) is 33.0 Å². The van der Waals surface area contributed by atoms with Gasteiger partial charge in [0, 0.05) is 12.0 Å². The average molecular weight is 649 g/mol. The number of carbonyl (C=O) groups is 2. The third-order valence-corrected chi connectivity index (χ3v) is 8.25. The Hall–Kier alpha value is -3.75. The van der Waals surface area contributed by atoms with Gasteiger partial charge in [-0.3, -0.25) is 0 Å². The Kier molecular flexibility index (Phi) is 14.2. The van der Waals surface area contributed by atoms with Gasteiger partial charge in [0.25, 0.3) is 0 Å². The maximum Gasteiger partial charge on any atom is 0.343 e. The topological polar surface area (TPSA) is 80.3 Å². The molecule has 8 heteroatoms. The summed E-state index contributed by atoms with van der Waals surface area (Å²) in [5.74, 6) is -1.54. The van der Waals surface area contributed by atoms with Crippen LogP contribution in [0.3, 0.4) is 0 Å². The Bertz CT molecular complexity index is 1400. The van der Waals surface area contributed by atoms with Crippen LogP contribution in [0.15, 0.2) is 66.7 Å². The number of halogens is 1. The molecule has 1 aliphatic heterocycles. The zero-order chi connectivity index (χ0) is 33.5. The van der Waals surface area contributed by atoms with Gasteiger partial charge in [0.05, 0.1) is 43.7 Å². The average Bonchev–Trinajstić information content (AvgIpc) is 3.06. The van der Waals surface area contributed by atoms with E-state index in [0.717, 1.165) is 107 Å². The number of unbranched alkanes of at least 4 members (excludes halogenated alkanes) is 6. The second-order valence-electron chi connectivity index (χ2n) is 12.8. The monoisotopic (exact) mass is 648 g/mol. The molecule has 1 unspecified atom stereocenters. The SMILES string of the molecule is CCCCCCC(C)OC(=O)c1ccc(OC(=O)c2ccc(-c3ccc(OCCCCCCOCC4(C)COC4)cc3)cc2)c(F)c1. The zero-order valence-corrected chi connectivity index (χ0v) is 28.1. The molecule has 7 nitrogen and oxygen atoms in total. The Morgan fingerprint density at radius 2 is 1.45 bits per heavy atom. The molecule has 0 aliphatic carbocycles. The summed E-state index contributed by atoms with van der Waals surface area (Å²) < 4.78 is 42.4. The van der Waals surface area contributed by atoms with Gasteiger partial charge in [-0.15, -0.1) is 0 Å². The van der Waals surface area contributed by atoms with Crippen LogP contribution in [0.5, 0.6) is 11.5 Å². The van der Waals surface area contributed by atoms with Crippen molar-refractivity contribution >= 4 is 11.9 Å². The van der Waals surface area contributed by atoms with Gasteiger partial charge >= 0.3 is 11.9 Å². The van der Waals surface area contributed by atoms with Gasteiger partial charge in [0.1, 0.15) is 5.75 Å². The number of ether oxygens (including phenoxy) is 5. The van der Waals surface area contributed by atoms with Crippen molar-refractivity contribution in [3.05, 3.63) is 83.7 Å². The second kappa shape index (κ2) is 18.6. The highest BCUT2D eigenvalue weighted by molar-refractivity contribution is 5.92. The number of hydrogen-bond donors (Lipinski definition) is 0. The third-order valence-electron chi connectivity index (χ3n) is 8.25. The summed E-state index contributed by atoms with van der Waals surface area (Å²) in [5, 5.41) is 0. The van der Waals surface area contributed by atoms with E-state index in [9.17, 15) is 14.0 Å². The number of benzene rings is 3. The van der Waals surface area contributed by atoms with E-state index in [1.165, 1.54) is 12.1 Å². The molecule has 0 spiro atoms. The van der Waals surface area contributed by atoms with Crippen LogP contribution in [-0.2, 0) is 14.2 Å². The normalized spacial score (nSPS) is 14.2. The lowest BCUT2D eigenvalue weighted by molar-refractivity contribution is -0.137. The highest BCUT2D eigenvalue weighted by Gasteiger charge is 2.33. The molecule has 0 saturated carbocycles. The Morgan fingerprint density at radius 3 is 2.09 bits per heavy atom. The van der Waals surface area contributed by atoms with Crippen molar-refractivity contribution < 1.29 is 37.7 Å². The maximum atomic E-state index is 14.7. The van der Waals surface area contributed by atoms with Crippen LogP contribution >= 0.6 is 0 Å². The fourth-order valence-electron chi connectivity index (χ4n) is 5.28. The predicted molar refractivity (Wildman–Crippen MR) is 181 cm³/mol. The first kappa shape index (κ1) is 36.1. The summed E-state index contributed by atoms with van der Waals surface area (Å²) in [6, 6.07) is 18.4. The summed E-state index contributed by atoms with van der Waals surface area (Å²) in [4.78, 5) is 25.2. The van der Waals surface area contributed by atoms with Gasteiger partial charge in [-0.2, -0.15) is 0 Å². The van der Waals surface area contributed by atoms with Crippen LogP contribution in [0.1, 0.15) is 99.3 Å². The summed E-state index contributed by atoms with van der Waals surface area (Å²) in [6.45, 7) is 10.0. The summed E-state index contributed by atoms with van der Waals surface area (Å²) in [5.41, 5.74) is 2.46. The van der Waals surface area contributed by atoms with Gasteiger partial charge in [-0.1, -0.05) is 63.8 Å². The third kappa shape index (κ3) is 11.8. The summed E-state index contributed by atoms with van der Waals surface area (Å²) in [6.07, 6.45) is 9.12. The van der Waals surface area contributed by atoms with Gasteiger partial charge < -0.3 is 23.7 Å². The van der Waals surface area contributed by atoms with E-state index in [-0.39, 0.29) is 28.4 Å². The highest BCUT2D eigenvalue weighted by atomic mass is 19.1. The molecule has 0 amide bonds. The molecule has 254 valence electrons. The first-order valence-corrected chi connectivity index (χ1v) is 17.0. The van der Waals surface area contributed by atoms with Crippen LogP contribution < -0.4 is 9.47 Å². The molecule has 1 saturated heterocycles. The van der Waals surface area contributed by atoms with E-state index in [1.807, 2.05) is 43.3 Å². The van der Waals surface area contributed by atoms with Gasteiger partial charge in [0.2, 0.25) is 0 Å². The van der Waals surface area contributed by atoms with Gasteiger partial charge in [0.15, 0.2) is 11.6 Å². The number of hydrogen-bond acceptors (Lipinski definition) is 7. The molecule has 0 radical (unpaired) electrons. The van der Waals surface area contributed by atoms with Crippen LogP contribution in [0, 0.1) is 11.2 Å². The van der Waals surface area contributed by atoms with Crippen molar-refractivity contribution in [2.24, 2.45) is 5.41 Å². The van der Waals surface area contributed by atoms with E-state index in [1.54, 1.807) is 12.1 Å². The van der Waals surface area contributed by atoms with Crippen molar-refractivity contribution in [3.63, 3.8) is 0 Å². The molecular weight excluding hydrogens is 599 g/mol. The van der Waals surface area contributed by atoms with E-state index in [2.05, 4.69) is 13.8 Å². The summed E-state index contributed by atoms with van der Waals surface area (Å²) >= 11 is 0. The fourth-order valence-corrected chi connectivity index (χ4v) is 5.28. The minimum Gasteiger partial charge on any atom is -0.494 e. The first-order valence-electron chi connectivity index (χ1n) is 17.0. The van der Waals surface area contributed by atoms with Gasteiger partial charge in [-0.05, 0) is 92.6 Å². The van der Waals surface area contributed by atoms with Crippen LogP contribution in [-0.4, -0.2) is 51.1 Å². The molecule has 0 aromatic heterocycles. The van der Waals surface area contributed by atoms with E-state index >= 15 is 0 Å².